The smallest absolute Gasteiger partial charge is 0.378 e. The Bertz CT molecular complexity index is 1450. The summed E-state index contributed by atoms with van der Waals surface area (Å²) in [6, 6.07) is 15.7. The lowest BCUT2D eigenvalue weighted by molar-refractivity contribution is -0.137. The van der Waals surface area contributed by atoms with Crippen molar-refractivity contribution < 1.29 is 35.9 Å². The van der Waals surface area contributed by atoms with Crippen molar-refractivity contribution in [3.8, 4) is 0 Å². The second-order valence-electron chi connectivity index (χ2n) is 8.87. The lowest BCUT2D eigenvalue weighted by atomic mass is 10.1. The number of nitrogens with one attached hydrogen (secondary N) is 1. The van der Waals surface area contributed by atoms with Crippen molar-refractivity contribution in [3.63, 3.8) is 0 Å². The summed E-state index contributed by atoms with van der Waals surface area (Å²) in [5.41, 5.74) is -0.279. The molecule has 12 heteroatoms. The molecule has 1 saturated heterocycles. The van der Waals surface area contributed by atoms with Gasteiger partial charge in [-0.25, -0.2) is 8.42 Å². The van der Waals surface area contributed by atoms with Crippen molar-refractivity contribution in [2.75, 3.05) is 42.5 Å². The number of morpholine rings is 1. The molecule has 1 aliphatic heterocycles. The van der Waals surface area contributed by atoms with Gasteiger partial charge in [0.25, 0.3) is 15.9 Å². The summed E-state index contributed by atoms with van der Waals surface area (Å²) in [5.74, 6) is -1.18. The van der Waals surface area contributed by atoms with E-state index in [1.165, 1.54) is 30.3 Å². The van der Waals surface area contributed by atoms with Gasteiger partial charge in [-0.15, -0.1) is 0 Å². The number of hydrogen-bond donors (Lipinski definition) is 1. The normalized spacial score (nSPS) is 14.1. The van der Waals surface area contributed by atoms with Crippen molar-refractivity contribution >= 4 is 33.2 Å². The van der Waals surface area contributed by atoms with Crippen LogP contribution in [0.15, 0.2) is 77.7 Å². The molecule has 2 amide bonds. The molecule has 206 valence electrons. The Kier molecular flexibility index (Phi) is 8.26. The van der Waals surface area contributed by atoms with Crippen LogP contribution in [0.4, 0.5) is 24.5 Å². The van der Waals surface area contributed by atoms with Crippen LogP contribution in [0.5, 0.6) is 0 Å². The van der Waals surface area contributed by atoms with Gasteiger partial charge >= 0.3 is 6.18 Å². The van der Waals surface area contributed by atoms with Gasteiger partial charge in [0, 0.05) is 13.1 Å². The third-order valence-electron chi connectivity index (χ3n) is 6.09. The number of amides is 2. The standard InChI is InChI=1S/C27H26F3N3O5S/c1-19-9-11-22(12-10-19)39(36,37)33(21-6-4-5-20(17-21)27(28,29)30)18-25(34)31-24-8-3-2-7-23(24)26(35)32-13-15-38-16-14-32/h2-12,17H,13-16,18H2,1H3,(H,31,34). The minimum atomic E-state index is -4.73. The SMILES string of the molecule is Cc1ccc(S(=O)(=O)N(CC(=O)Nc2ccccc2C(=O)N2CCOCC2)c2cccc(C(F)(F)F)c2)cc1. The Morgan fingerprint density at radius 1 is 0.974 bits per heavy atom. The van der Waals surface area contributed by atoms with E-state index in [4.69, 9.17) is 4.74 Å². The summed E-state index contributed by atoms with van der Waals surface area (Å²) in [5, 5.41) is 2.56. The lowest BCUT2D eigenvalue weighted by Gasteiger charge is -2.28. The quantitative estimate of drug-likeness (QED) is 0.464. The van der Waals surface area contributed by atoms with E-state index in [9.17, 15) is 31.2 Å². The second kappa shape index (κ2) is 11.5. The number of anilines is 2. The lowest BCUT2D eigenvalue weighted by Crippen LogP contribution is -2.41. The van der Waals surface area contributed by atoms with Gasteiger partial charge < -0.3 is 15.0 Å². The number of aryl methyl sites for hydroxylation is 1. The maximum absolute atomic E-state index is 13.6. The first-order chi connectivity index (χ1) is 18.5. The molecule has 0 aromatic heterocycles. The number of carbonyl (C=O) groups is 2. The van der Waals surface area contributed by atoms with Crippen LogP contribution in [0.1, 0.15) is 21.5 Å². The van der Waals surface area contributed by atoms with Gasteiger partial charge in [-0.3, -0.25) is 13.9 Å². The molecular formula is C27H26F3N3O5S. The van der Waals surface area contributed by atoms with Gasteiger partial charge in [0.15, 0.2) is 0 Å². The Morgan fingerprint density at radius 2 is 1.64 bits per heavy atom. The molecule has 0 spiro atoms. The van der Waals surface area contributed by atoms with Crippen molar-refractivity contribution in [1.82, 2.24) is 4.90 Å². The van der Waals surface area contributed by atoms with Gasteiger partial charge in [-0.05, 0) is 49.4 Å². The average Bonchev–Trinajstić information content (AvgIpc) is 2.92. The number of halogens is 3. The summed E-state index contributed by atoms with van der Waals surface area (Å²) in [6.07, 6.45) is -4.73. The van der Waals surface area contributed by atoms with Crippen LogP contribution in [0.25, 0.3) is 0 Å². The van der Waals surface area contributed by atoms with Gasteiger partial charge in [0.2, 0.25) is 5.91 Å². The van der Waals surface area contributed by atoms with Gasteiger partial charge in [0.1, 0.15) is 6.54 Å². The zero-order valence-electron chi connectivity index (χ0n) is 20.9. The number of carbonyl (C=O) groups excluding carboxylic acids is 2. The van der Waals surface area contributed by atoms with Crippen molar-refractivity contribution in [3.05, 3.63) is 89.5 Å². The molecule has 0 atom stereocenters. The van der Waals surface area contributed by atoms with Gasteiger partial charge in [0.05, 0.1) is 40.6 Å². The molecule has 0 bridgehead atoms. The van der Waals surface area contributed by atoms with Crippen molar-refractivity contribution in [2.45, 2.75) is 18.0 Å². The first-order valence-corrected chi connectivity index (χ1v) is 13.4. The number of nitrogens with zero attached hydrogens (tertiary/aromatic N) is 2. The van der Waals surface area contributed by atoms with Crippen molar-refractivity contribution in [1.29, 1.82) is 0 Å². The van der Waals surface area contributed by atoms with E-state index in [0.717, 1.165) is 17.7 Å². The first-order valence-electron chi connectivity index (χ1n) is 12.0. The zero-order valence-corrected chi connectivity index (χ0v) is 21.8. The molecule has 8 nitrogen and oxygen atoms in total. The molecular weight excluding hydrogens is 535 g/mol. The van der Waals surface area contributed by atoms with E-state index in [2.05, 4.69) is 5.32 Å². The zero-order chi connectivity index (χ0) is 28.2. The number of ether oxygens (including phenoxy) is 1. The number of sulfonamides is 1. The highest BCUT2D eigenvalue weighted by atomic mass is 32.2. The summed E-state index contributed by atoms with van der Waals surface area (Å²) < 4.78 is 73.3. The van der Waals surface area contributed by atoms with E-state index in [0.29, 0.717) is 36.7 Å². The molecule has 39 heavy (non-hydrogen) atoms. The van der Waals surface area contributed by atoms with Crippen molar-refractivity contribution in [2.24, 2.45) is 0 Å². The minimum Gasteiger partial charge on any atom is -0.378 e. The molecule has 4 rings (SSSR count). The van der Waals surface area contributed by atoms with Gasteiger partial charge in [-0.1, -0.05) is 35.9 Å². The molecule has 1 aliphatic rings. The number of para-hydroxylation sites is 1. The molecule has 3 aromatic rings. The third kappa shape index (κ3) is 6.58. The topological polar surface area (TPSA) is 96.0 Å². The number of benzene rings is 3. The maximum atomic E-state index is 13.6. The molecule has 0 unspecified atom stereocenters. The molecule has 1 fully saturated rings. The van der Waals surface area contributed by atoms with E-state index in [1.54, 1.807) is 36.1 Å². The fourth-order valence-corrected chi connectivity index (χ4v) is 5.44. The van der Waals surface area contributed by atoms with Crippen LogP contribution in [0.3, 0.4) is 0 Å². The van der Waals surface area contributed by atoms with Crippen LogP contribution in [-0.2, 0) is 25.7 Å². The van der Waals surface area contributed by atoms with E-state index in [1.807, 2.05) is 0 Å². The summed E-state index contributed by atoms with van der Waals surface area (Å²) in [6.45, 7) is 2.42. The number of alkyl halides is 3. The number of rotatable bonds is 7. The third-order valence-corrected chi connectivity index (χ3v) is 7.88. The highest BCUT2D eigenvalue weighted by Crippen LogP contribution is 2.33. The average molecular weight is 562 g/mol. The Morgan fingerprint density at radius 3 is 2.31 bits per heavy atom. The van der Waals surface area contributed by atoms with Crippen LogP contribution in [0.2, 0.25) is 0 Å². The van der Waals surface area contributed by atoms with Gasteiger partial charge in [-0.2, -0.15) is 13.2 Å². The Hall–Kier alpha value is -3.90. The summed E-state index contributed by atoms with van der Waals surface area (Å²) in [4.78, 5) is 27.6. The molecule has 3 aromatic carbocycles. The Balaban J connectivity index is 1.66. The maximum Gasteiger partial charge on any atom is 0.416 e. The predicted octanol–water partition coefficient (Wildman–Crippen LogP) is 4.32. The fourth-order valence-electron chi connectivity index (χ4n) is 4.03. The Labute approximate surface area is 224 Å². The molecule has 0 radical (unpaired) electrons. The summed E-state index contributed by atoms with van der Waals surface area (Å²) >= 11 is 0. The monoisotopic (exact) mass is 561 g/mol. The number of hydrogen-bond acceptors (Lipinski definition) is 5. The van der Waals surface area contributed by atoms with Crippen LogP contribution in [-0.4, -0.2) is 58.0 Å². The first kappa shape index (κ1) is 28.1. The largest absolute Gasteiger partial charge is 0.416 e. The molecule has 0 saturated carbocycles. The molecule has 1 heterocycles. The highest BCUT2D eigenvalue weighted by molar-refractivity contribution is 7.92. The van der Waals surface area contributed by atoms with Crippen LogP contribution in [0, 0.1) is 6.92 Å². The predicted molar refractivity (Wildman–Crippen MR) is 139 cm³/mol. The molecule has 1 N–H and O–H groups in total. The second-order valence-corrected chi connectivity index (χ2v) is 10.7. The summed E-state index contributed by atoms with van der Waals surface area (Å²) in [7, 11) is -4.45. The van der Waals surface area contributed by atoms with Crippen LogP contribution >= 0.6 is 0 Å². The fraction of sp³-hybridized carbons (Fsp3) is 0.259. The van der Waals surface area contributed by atoms with E-state index >= 15 is 0 Å². The van der Waals surface area contributed by atoms with Crippen LogP contribution < -0.4 is 9.62 Å². The highest BCUT2D eigenvalue weighted by Gasteiger charge is 2.33. The minimum absolute atomic E-state index is 0.149. The molecule has 0 aliphatic carbocycles. The van der Waals surface area contributed by atoms with E-state index in [-0.39, 0.29) is 27.7 Å². The van der Waals surface area contributed by atoms with E-state index < -0.39 is 34.2 Å².